The van der Waals surface area contributed by atoms with Crippen molar-refractivity contribution in [3.63, 3.8) is 0 Å². The van der Waals surface area contributed by atoms with Gasteiger partial charge in [-0.3, -0.25) is 18.5 Å². The molecule has 0 saturated heterocycles. The van der Waals surface area contributed by atoms with E-state index in [-0.39, 0.29) is 28.5 Å². The molecule has 0 fully saturated rings. The highest BCUT2D eigenvalue weighted by atomic mass is 35.5. The van der Waals surface area contributed by atoms with Crippen molar-refractivity contribution >= 4 is 22.8 Å². The van der Waals surface area contributed by atoms with Crippen LogP contribution in [0, 0.1) is 0 Å². The number of fused-ring (bicyclic) bond motifs is 1. The maximum atomic E-state index is 13.8. The molecule has 7 nitrogen and oxygen atoms in total. The monoisotopic (exact) mass is 474 g/mol. The smallest absolute Gasteiger partial charge is 0.332 e. The maximum absolute atomic E-state index is 13.8. The maximum Gasteiger partial charge on any atom is 0.332 e. The van der Waals surface area contributed by atoms with Crippen molar-refractivity contribution in [3.8, 4) is 11.8 Å². The number of hydrogen-bond acceptors (Lipinski definition) is 4. The third-order valence-corrected chi connectivity index (χ3v) is 5.65. The van der Waals surface area contributed by atoms with Gasteiger partial charge in [0.2, 0.25) is 0 Å². The van der Waals surface area contributed by atoms with Gasteiger partial charge in [-0.05, 0) is 36.2 Å². The van der Waals surface area contributed by atoms with Gasteiger partial charge in [-0.1, -0.05) is 35.9 Å². The number of nitrogens with zero attached hydrogens (tertiary/aromatic N) is 4. The van der Waals surface area contributed by atoms with Crippen LogP contribution >= 0.6 is 11.6 Å². The van der Waals surface area contributed by atoms with E-state index in [0.717, 1.165) is 17.1 Å². The Morgan fingerprint density at radius 2 is 1.76 bits per heavy atom. The van der Waals surface area contributed by atoms with Gasteiger partial charge in [0, 0.05) is 38.1 Å². The van der Waals surface area contributed by atoms with E-state index >= 15 is 0 Å². The molecule has 0 amide bonds. The molecule has 33 heavy (non-hydrogen) atoms. The van der Waals surface area contributed by atoms with Gasteiger partial charge in [0.25, 0.3) is 11.5 Å². The lowest BCUT2D eigenvalue weighted by Gasteiger charge is -2.13. The Morgan fingerprint density at radius 1 is 1.06 bits per heavy atom. The Morgan fingerprint density at radius 3 is 2.42 bits per heavy atom. The summed E-state index contributed by atoms with van der Waals surface area (Å²) in [6.07, 6.45) is 0.512. The normalized spacial score (nSPS) is 11.8. The molecule has 0 spiro atoms. The summed E-state index contributed by atoms with van der Waals surface area (Å²) in [4.78, 5) is 29.7. The van der Waals surface area contributed by atoms with Gasteiger partial charge < -0.3 is 4.74 Å². The Kier molecular flexibility index (Phi) is 5.84. The number of hydrogen-bond donors (Lipinski definition) is 0. The molecule has 0 bridgehead atoms. The van der Waals surface area contributed by atoms with Crippen LogP contribution < -0.4 is 16.0 Å². The van der Waals surface area contributed by atoms with E-state index in [1.54, 1.807) is 16.7 Å². The Balaban J connectivity index is 1.83. The molecular formula is C23H21ClF2N4O3. The molecule has 0 radical (unpaired) electrons. The number of rotatable bonds is 6. The first-order valence-electron chi connectivity index (χ1n) is 10.1. The highest BCUT2D eigenvalue weighted by Gasteiger charge is 2.25. The number of benzene rings is 2. The highest BCUT2D eigenvalue weighted by molar-refractivity contribution is 6.30. The summed E-state index contributed by atoms with van der Waals surface area (Å²) in [5.74, 6) is -2.91. The number of alkyl halides is 2. The Bertz CT molecular complexity index is 1450. The number of aryl methyl sites for hydroxylation is 3. The summed E-state index contributed by atoms with van der Waals surface area (Å²) < 4.78 is 37.2. The summed E-state index contributed by atoms with van der Waals surface area (Å²) in [5, 5.41) is 0.604. The second-order valence-corrected chi connectivity index (χ2v) is 8.26. The van der Waals surface area contributed by atoms with Crippen LogP contribution in [0.4, 0.5) is 8.78 Å². The third-order valence-electron chi connectivity index (χ3n) is 5.40. The minimum Gasteiger partial charge on any atom is -0.425 e. The zero-order valence-corrected chi connectivity index (χ0v) is 18.9. The summed E-state index contributed by atoms with van der Waals surface area (Å²) in [6.45, 7) is 1.09. The van der Waals surface area contributed by atoms with Crippen molar-refractivity contribution < 1.29 is 13.5 Å². The predicted molar refractivity (Wildman–Crippen MR) is 121 cm³/mol. The van der Waals surface area contributed by atoms with Crippen LogP contribution in [0.25, 0.3) is 11.2 Å². The molecule has 172 valence electrons. The molecule has 4 aromatic rings. The largest absolute Gasteiger partial charge is 0.425 e. The van der Waals surface area contributed by atoms with Crippen LogP contribution in [0.1, 0.15) is 18.1 Å². The minimum absolute atomic E-state index is 0.0221. The molecule has 0 aliphatic heterocycles. The molecule has 0 aliphatic rings. The lowest BCUT2D eigenvalue weighted by Crippen LogP contribution is -2.37. The van der Waals surface area contributed by atoms with E-state index in [1.807, 2.05) is 12.1 Å². The average Bonchev–Trinajstić information content (AvgIpc) is 3.13. The van der Waals surface area contributed by atoms with Crippen molar-refractivity contribution in [1.82, 2.24) is 18.7 Å². The van der Waals surface area contributed by atoms with Gasteiger partial charge >= 0.3 is 11.7 Å². The summed E-state index contributed by atoms with van der Waals surface area (Å²) >= 11 is 5.96. The second kappa shape index (κ2) is 8.47. The van der Waals surface area contributed by atoms with Crippen molar-refractivity contribution in [1.29, 1.82) is 0 Å². The standard InChI is InChI=1S/C23H21ClF2N4O3/c1-23(25,26)15-5-4-6-17(13-15)33-21-27-19-18(20(31)29(3)22(32)28(19)2)30(21)12-11-14-7-9-16(24)10-8-14/h4-10,13H,11-12H2,1-3H3. The van der Waals surface area contributed by atoms with E-state index < -0.39 is 17.2 Å². The van der Waals surface area contributed by atoms with E-state index in [2.05, 4.69) is 4.98 Å². The second-order valence-electron chi connectivity index (χ2n) is 7.82. The van der Waals surface area contributed by atoms with Gasteiger partial charge in [-0.15, -0.1) is 0 Å². The summed E-state index contributed by atoms with van der Waals surface area (Å²) in [7, 11) is 2.89. The van der Waals surface area contributed by atoms with Crippen LogP contribution in [0.2, 0.25) is 5.02 Å². The van der Waals surface area contributed by atoms with Gasteiger partial charge in [-0.2, -0.15) is 4.98 Å². The molecule has 0 aliphatic carbocycles. The number of halogens is 3. The number of ether oxygens (including phenoxy) is 1. The molecule has 2 aromatic carbocycles. The van der Waals surface area contributed by atoms with Crippen LogP contribution in [0.15, 0.2) is 58.1 Å². The molecule has 0 N–H and O–H groups in total. The first-order chi connectivity index (χ1) is 15.6. The van der Waals surface area contributed by atoms with E-state index in [0.29, 0.717) is 18.0 Å². The van der Waals surface area contributed by atoms with Crippen molar-refractivity contribution in [2.24, 2.45) is 14.1 Å². The van der Waals surface area contributed by atoms with Crippen LogP contribution in [-0.2, 0) is 33.0 Å². The SMILES string of the molecule is Cn1c(=O)c2c(nc(Oc3cccc(C(C)(F)F)c3)n2CCc2ccc(Cl)cc2)n(C)c1=O. The molecule has 0 unspecified atom stereocenters. The first kappa shape index (κ1) is 22.7. The molecular weight excluding hydrogens is 454 g/mol. The lowest BCUT2D eigenvalue weighted by atomic mass is 10.1. The predicted octanol–water partition coefficient (Wildman–Crippen LogP) is 4.23. The zero-order chi connectivity index (χ0) is 23.9. The molecule has 4 rings (SSSR count). The molecule has 2 heterocycles. The molecule has 2 aromatic heterocycles. The van der Waals surface area contributed by atoms with Gasteiger partial charge in [0.15, 0.2) is 11.2 Å². The Hall–Kier alpha value is -3.46. The van der Waals surface area contributed by atoms with Crippen molar-refractivity contribution in [2.45, 2.75) is 25.8 Å². The minimum atomic E-state index is -3.05. The number of aromatic nitrogens is 4. The third kappa shape index (κ3) is 4.41. The fourth-order valence-corrected chi connectivity index (χ4v) is 3.67. The fourth-order valence-electron chi connectivity index (χ4n) is 3.54. The van der Waals surface area contributed by atoms with Gasteiger partial charge in [-0.25, -0.2) is 13.6 Å². The van der Waals surface area contributed by atoms with Crippen LogP contribution in [-0.4, -0.2) is 18.7 Å². The summed E-state index contributed by atoms with van der Waals surface area (Å²) in [5.41, 5.74) is 0.00903. The summed E-state index contributed by atoms with van der Waals surface area (Å²) in [6, 6.07) is 12.8. The fraction of sp³-hybridized carbons (Fsp3) is 0.261. The lowest BCUT2D eigenvalue weighted by molar-refractivity contribution is 0.0173. The van der Waals surface area contributed by atoms with Gasteiger partial charge in [0.1, 0.15) is 5.75 Å². The topological polar surface area (TPSA) is 71.1 Å². The quantitative estimate of drug-likeness (QED) is 0.419. The Labute approximate surface area is 192 Å². The highest BCUT2D eigenvalue weighted by Crippen LogP contribution is 2.31. The van der Waals surface area contributed by atoms with Crippen molar-refractivity contribution in [2.75, 3.05) is 0 Å². The van der Waals surface area contributed by atoms with Crippen LogP contribution in [0.5, 0.6) is 11.8 Å². The molecule has 0 saturated carbocycles. The van der Waals surface area contributed by atoms with E-state index in [4.69, 9.17) is 16.3 Å². The number of imidazole rings is 1. The first-order valence-corrected chi connectivity index (χ1v) is 10.5. The van der Waals surface area contributed by atoms with Gasteiger partial charge in [0.05, 0.1) is 0 Å². The van der Waals surface area contributed by atoms with Crippen LogP contribution in [0.3, 0.4) is 0 Å². The molecule has 0 atom stereocenters. The molecule has 10 heteroatoms. The van der Waals surface area contributed by atoms with E-state index in [9.17, 15) is 18.4 Å². The average molecular weight is 475 g/mol. The zero-order valence-electron chi connectivity index (χ0n) is 18.2. The van der Waals surface area contributed by atoms with Crippen molar-refractivity contribution in [3.05, 3.63) is 85.5 Å². The van der Waals surface area contributed by atoms with E-state index in [1.165, 1.54) is 42.9 Å².